The van der Waals surface area contributed by atoms with Gasteiger partial charge in [-0.2, -0.15) is 5.26 Å². The third-order valence-corrected chi connectivity index (χ3v) is 6.07. The number of rotatable bonds is 2. The lowest BCUT2D eigenvalue weighted by molar-refractivity contribution is 0.403. The second-order valence-corrected chi connectivity index (χ2v) is 7.34. The molecule has 0 amide bonds. The third-order valence-electron chi connectivity index (χ3n) is 4.53. The molecule has 1 heterocycles. The van der Waals surface area contributed by atoms with E-state index in [1.54, 1.807) is 0 Å². The largest absolute Gasteiger partial charge is 0.383 e. The molecule has 0 saturated heterocycles. The number of nitrogens with zero attached hydrogens (tertiary/aromatic N) is 1. The maximum atomic E-state index is 9.87. The van der Waals surface area contributed by atoms with E-state index in [2.05, 4.69) is 84.2 Å². The van der Waals surface area contributed by atoms with Crippen LogP contribution in [-0.2, 0) is 12.8 Å². The molecule has 1 aliphatic rings. The van der Waals surface area contributed by atoms with Crippen LogP contribution in [0.1, 0.15) is 22.3 Å². The van der Waals surface area contributed by atoms with E-state index in [4.69, 9.17) is 0 Å². The van der Waals surface area contributed by atoms with Crippen LogP contribution in [0.3, 0.4) is 0 Å². The molecule has 2 aromatic rings. The Morgan fingerprint density at radius 1 is 1.18 bits per heavy atom. The lowest BCUT2D eigenvalue weighted by Gasteiger charge is -2.34. The Morgan fingerprint density at radius 3 is 2.68 bits per heavy atom. The van der Waals surface area contributed by atoms with Crippen LogP contribution in [0.15, 0.2) is 36.4 Å². The van der Waals surface area contributed by atoms with Gasteiger partial charge in [0.1, 0.15) is 0 Å². The van der Waals surface area contributed by atoms with Crippen molar-refractivity contribution in [3.8, 4) is 6.07 Å². The van der Waals surface area contributed by atoms with Crippen LogP contribution in [0.25, 0.3) is 0 Å². The second kappa shape index (κ2) is 5.92. The van der Waals surface area contributed by atoms with E-state index >= 15 is 0 Å². The Hall–Kier alpha value is -1.54. The van der Waals surface area contributed by atoms with E-state index in [1.165, 1.54) is 31.5 Å². The monoisotopic (exact) mass is 402 g/mol. The minimum Gasteiger partial charge on any atom is -0.383 e. The van der Waals surface area contributed by atoms with Crippen molar-refractivity contribution in [2.24, 2.45) is 5.41 Å². The Morgan fingerprint density at radius 2 is 1.91 bits per heavy atom. The summed E-state index contributed by atoms with van der Waals surface area (Å²) in [6, 6.07) is 15.3. The predicted octanol–water partition coefficient (Wildman–Crippen LogP) is 4.63. The minimum absolute atomic E-state index is 0.367. The summed E-state index contributed by atoms with van der Waals surface area (Å²) in [6.45, 7) is 4.96. The van der Waals surface area contributed by atoms with E-state index in [9.17, 15) is 5.26 Å². The molecule has 1 aliphatic heterocycles. The first-order valence-corrected chi connectivity index (χ1v) is 8.60. The number of anilines is 1. The van der Waals surface area contributed by atoms with Crippen molar-refractivity contribution in [3.05, 3.63) is 62.2 Å². The van der Waals surface area contributed by atoms with Crippen molar-refractivity contribution in [1.29, 1.82) is 5.26 Å². The highest BCUT2D eigenvalue weighted by molar-refractivity contribution is 14.1. The van der Waals surface area contributed by atoms with Crippen LogP contribution in [0, 0.1) is 34.2 Å². The highest BCUT2D eigenvalue weighted by Gasteiger charge is 2.35. The maximum absolute atomic E-state index is 9.87. The summed E-state index contributed by atoms with van der Waals surface area (Å²) >= 11 is 2.40. The first kappa shape index (κ1) is 15.4. The molecular formula is C19H19IN2. The van der Waals surface area contributed by atoms with Crippen LogP contribution in [0.4, 0.5) is 5.69 Å². The standard InChI is InChI=1S/C19H19IN2/c1-13-5-3-7-15(17(13)20)9-19(11-21)10-16-8-4-6-14(2)18(16)22-12-19/h3-8,22H,9-10,12H2,1-2H3/t19-/m1/s1. The Balaban J connectivity index is 1.95. The molecule has 22 heavy (non-hydrogen) atoms. The third kappa shape index (κ3) is 2.72. The molecule has 2 nitrogen and oxygen atoms in total. The van der Waals surface area contributed by atoms with Gasteiger partial charge in [0.2, 0.25) is 0 Å². The highest BCUT2D eigenvalue weighted by Crippen LogP contribution is 2.37. The number of nitrogens with one attached hydrogen (secondary N) is 1. The molecular weight excluding hydrogens is 383 g/mol. The van der Waals surface area contributed by atoms with Gasteiger partial charge in [-0.15, -0.1) is 0 Å². The molecule has 1 atom stereocenters. The van der Waals surface area contributed by atoms with Gasteiger partial charge in [-0.05, 0) is 71.5 Å². The number of benzene rings is 2. The van der Waals surface area contributed by atoms with Crippen LogP contribution in [0.5, 0.6) is 0 Å². The molecule has 0 saturated carbocycles. The van der Waals surface area contributed by atoms with E-state index < -0.39 is 0 Å². The Labute approximate surface area is 145 Å². The number of hydrogen-bond acceptors (Lipinski definition) is 2. The first-order chi connectivity index (χ1) is 10.5. The topological polar surface area (TPSA) is 35.8 Å². The summed E-state index contributed by atoms with van der Waals surface area (Å²) in [5.74, 6) is 0. The molecule has 3 rings (SSSR count). The molecule has 1 N–H and O–H groups in total. The van der Waals surface area contributed by atoms with E-state index in [0.717, 1.165) is 12.8 Å². The smallest absolute Gasteiger partial charge is 0.0827 e. The van der Waals surface area contributed by atoms with Crippen molar-refractivity contribution >= 4 is 28.3 Å². The summed E-state index contributed by atoms with van der Waals surface area (Å²) in [5, 5.41) is 13.4. The summed E-state index contributed by atoms with van der Waals surface area (Å²) in [6.07, 6.45) is 1.61. The summed E-state index contributed by atoms with van der Waals surface area (Å²) in [4.78, 5) is 0. The average Bonchev–Trinajstić information content (AvgIpc) is 2.52. The van der Waals surface area contributed by atoms with Gasteiger partial charge in [0, 0.05) is 15.8 Å². The molecule has 0 unspecified atom stereocenters. The van der Waals surface area contributed by atoms with Crippen LogP contribution in [-0.4, -0.2) is 6.54 Å². The number of hydrogen-bond donors (Lipinski definition) is 1. The zero-order valence-corrected chi connectivity index (χ0v) is 15.1. The SMILES string of the molecule is Cc1cccc(C[C@@]2(C#N)CNc3c(C)cccc3C2)c1I. The maximum Gasteiger partial charge on any atom is 0.0827 e. The molecule has 112 valence electrons. The molecule has 0 bridgehead atoms. The number of fused-ring (bicyclic) bond motifs is 1. The van der Waals surface area contributed by atoms with Crippen molar-refractivity contribution in [2.75, 3.05) is 11.9 Å². The molecule has 0 aromatic heterocycles. The fraction of sp³-hybridized carbons (Fsp3) is 0.316. The molecule has 2 aromatic carbocycles. The zero-order valence-electron chi connectivity index (χ0n) is 12.9. The summed E-state index contributed by atoms with van der Waals surface area (Å²) in [5.41, 5.74) is 5.93. The van der Waals surface area contributed by atoms with Gasteiger partial charge >= 0.3 is 0 Å². The van der Waals surface area contributed by atoms with Crippen LogP contribution in [0.2, 0.25) is 0 Å². The molecule has 0 radical (unpaired) electrons. The van der Waals surface area contributed by atoms with Crippen molar-refractivity contribution < 1.29 is 0 Å². The first-order valence-electron chi connectivity index (χ1n) is 7.52. The molecule has 0 spiro atoms. The lowest BCUT2D eigenvalue weighted by atomic mass is 9.75. The lowest BCUT2D eigenvalue weighted by Crippen LogP contribution is -2.37. The van der Waals surface area contributed by atoms with E-state index in [0.29, 0.717) is 6.54 Å². The summed E-state index contributed by atoms with van der Waals surface area (Å²) in [7, 11) is 0. The zero-order chi connectivity index (χ0) is 15.7. The summed E-state index contributed by atoms with van der Waals surface area (Å²) < 4.78 is 1.28. The van der Waals surface area contributed by atoms with Gasteiger partial charge in [0.15, 0.2) is 0 Å². The number of nitriles is 1. The van der Waals surface area contributed by atoms with Crippen LogP contribution < -0.4 is 5.32 Å². The quantitative estimate of drug-likeness (QED) is 0.744. The van der Waals surface area contributed by atoms with Gasteiger partial charge < -0.3 is 5.32 Å². The Kier molecular flexibility index (Phi) is 4.14. The van der Waals surface area contributed by atoms with Gasteiger partial charge in [0.25, 0.3) is 0 Å². The van der Waals surface area contributed by atoms with Crippen molar-refractivity contribution in [2.45, 2.75) is 26.7 Å². The molecule has 0 aliphatic carbocycles. The number of para-hydroxylation sites is 1. The average molecular weight is 402 g/mol. The molecule has 0 fully saturated rings. The van der Waals surface area contributed by atoms with Gasteiger partial charge in [-0.3, -0.25) is 0 Å². The second-order valence-electron chi connectivity index (χ2n) is 6.26. The fourth-order valence-electron chi connectivity index (χ4n) is 3.27. The van der Waals surface area contributed by atoms with Crippen molar-refractivity contribution in [1.82, 2.24) is 0 Å². The number of aryl methyl sites for hydroxylation is 2. The van der Waals surface area contributed by atoms with Gasteiger partial charge in [-0.1, -0.05) is 36.4 Å². The minimum atomic E-state index is -0.367. The van der Waals surface area contributed by atoms with E-state index in [-0.39, 0.29) is 5.41 Å². The number of halogens is 1. The normalized spacial score (nSPS) is 19.9. The van der Waals surface area contributed by atoms with Crippen molar-refractivity contribution in [3.63, 3.8) is 0 Å². The highest BCUT2D eigenvalue weighted by atomic mass is 127. The van der Waals surface area contributed by atoms with Gasteiger partial charge in [0.05, 0.1) is 11.5 Å². The van der Waals surface area contributed by atoms with Gasteiger partial charge in [-0.25, -0.2) is 0 Å². The molecule has 3 heteroatoms. The van der Waals surface area contributed by atoms with E-state index in [1.807, 2.05) is 0 Å². The predicted molar refractivity (Wildman–Crippen MR) is 99.0 cm³/mol. The Bertz CT molecular complexity index is 761. The van der Waals surface area contributed by atoms with Crippen LogP contribution >= 0.6 is 22.6 Å². The fourth-order valence-corrected chi connectivity index (χ4v) is 3.82.